The van der Waals surface area contributed by atoms with Crippen molar-refractivity contribution in [3.63, 3.8) is 0 Å². The van der Waals surface area contributed by atoms with E-state index in [4.69, 9.17) is 6.42 Å². The molecule has 1 fully saturated rings. The smallest absolute Gasteiger partial charge is 0.0650 e. The van der Waals surface area contributed by atoms with Gasteiger partial charge in [-0.25, -0.2) is 0 Å². The maximum atomic E-state index is 10.2. The van der Waals surface area contributed by atoms with Crippen molar-refractivity contribution in [2.75, 3.05) is 0 Å². The molecule has 0 aliphatic heterocycles. The molecule has 0 aromatic rings. The fraction of sp³-hybridized carbons (Fsp3) is 0.833. The summed E-state index contributed by atoms with van der Waals surface area (Å²) < 4.78 is 0. The van der Waals surface area contributed by atoms with Crippen LogP contribution < -0.4 is 0 Å². The first-order valence-corrected chi connectivity index (χ1v) is 5.32. The molecule has 1 saturated carbocycles. The van der Waals surface area contributed by atoms with Crippen LogP contribution in [0.4, 0.5) is 0 Å². The maximum absolute atomic E-state index is 10.2. The second kappa shape index (κ2) is 4.67. The highest BCUT2D eigenvalue weighted by atomic mass is 16.3. The van der Waals surface area contributed by atoms with Crippen LogP contribution in [-0.2, 0) is 0 Å². The molecule has 2 atom stereocenters. The maximum Gasteiger partial charge on any atom is 0.0650 e. The van der Waals surface area contributed by atoms with Crippen molar-refractivity contribution in [3.8, 4) is 12.3 Å². The molecule has 1 heteroatoms. The number of rotatable bonds is 3. The zero-order valence-electron chi connectivity index (χ0n) is 8.55. The molecule has 0 radical (unpaired) electrons. The highest BCUT2D eigenvalue weighted by Crippen LogP contribution is 2.35. The summed E-state index contributed by atoms with van der Waals surface area (Å²) in [5.41, 5.74) is -0.394. The van der Waals surface area contributed by atoms with Gasteiger partial charge in [-0.05, 0) is 31.6 Å². The van der Waals surface area contributed by atoms with Gasteiger partial charge in [0.05, 0.1) is 5.60 Å². The van der Waals surface area contributed by atoms with E-state index in [1.54, 1.807) is 0 Å². The van der Waals surface area contributed by atoms with Gasteiger partial charge in [-0.2, -0.15) is 0 Å². The van der Waals surface area contributed by atoms with E-state index in [1.165, 1.54) is 12.8 Å². The fourth-order valence-electron chi connectivity index (χ4n) is 2.38. The van der Waals surface area contributed by atoms with Crippen LogP contribution in [0, 0.1) is 18.3 Å². The van der Waals surface area contributed by atoms with Crippen molar-refractivity contribution in [1.29, 1.82) is 0 Å². The van der Waals surface area contributed by atoms with Gasteiger partial charge in [0.2, 0.25) is 0 Å². The molecule has 1 N–H and O–H groups in total. The zero-order valence-corrected chi connectivity index (χ0v) is 8.55. The Balaban J connectivity index is 2.32. The summed E-state index contributed by atoms with van der Waals surface area (Å²) in [6, 6.07) is 0. The Morgan fingerprint density at radius 3 is 3.00 bits per heavy atom. The third-order valence-corrected chi connectivity index (χ3v) is 3.03. The van der Waals surface area contributed by atoms with E-state index in [-0.39, 0.29) is 0 Å². The molecule has 0 saturated heterocycles. The largest absolute Gasteiger partial charge is 0.390 e. The van der Waals surface area contributed by atoms with Gasteiger partial charge >= 0.3 is 0 Å². The van der Waals surface area contributed by atoms with Crippen LogP contribution in [0.15, 0.2) is 0 Å². The predicted octanol–water partition coefficient (Wildman–Crippen LogP) is 2.73. The van der Waals surface area contributed by atoms with E-state index < -0.39 is 5.60 Å². The zero-order chi connectivity index (χ0) is 9.73. The number of hydrogen-bond donors (Lipinski definition) is 1. The molecule has 0 heterocycles. The summed E-state index contributed by atoms with van der Waals surface area (Å²) in [7, 11) is 0. The van der Waals surface area contributed by atoms with Crippen molar-refractivity contribution in [2.24, 2.45) is 5.92 Å². The number of terminal acetylenes is 1. The van der Waals surface area contributed by atoms with Crippen LogP contribution in [0.25, 0.3) is 0 Å². The first-order chi connectivity index (χ1) is 6.16. The lowest BCUT2D eigenvalue weighted by atomic mass is 9.76. The van der Waals surface area contributed by atoms with Crippen LogP contribution in [0.1, 0.15) is 51.9 Å². The van der Waals surface area contributed by atoms with Gasteiger partial charge < -0.3 is 5.11 Å². The summed E-state index contributed by atoms with van der Waals surface area (Å²) in [4.78, 5) is 0. The highest BCUT2D eigenvalue weighted by molar-refractivity contribution is 4.88. The third kappa shape index (κ3) is 3.40. The first-order valence-electron chi connectivity index (χ1n) is 5.32. The molecule has 1 aliphatic rings. The van der Waals surface area contributed by atoms with Gasteiger partial charge in [0, 0.05) is 6.42 Å². The van der Waals surface area contributed by atoms with E-state index in [2.05, 4.69) is 12.8 Å². The molecule has 2 unspecified atom stereocenters. The summed E-state index contributed by atoms with van der Waals surface area (Å²) >= 11 is 0. The molecule has 0 aromatic carbocycles. The van der Waals surface area contributed by atoms with Crippen molar-refractivity contribution >= 4 is 0 Å². The van der Waals surface area contributed by atoms with Gasteiger partial charge in [0.25, 0.3) is 0 Å². The minimum absolute atomic E-state index is 0.394. The summed E-state index contributed by atoms with van der Waals surface area (Å²) in [5, 5.41) is 10.2. The van der Waals surface area contributed by atoms with Crippen molar-refractivity contribution in [1.82, 2.24) is 0 Å². The number of unbranched alkanes of at least 4 members (excludes halogenated alkanes) is 1. The van der Waals surface area contributed by atoms with E-state index in [9.17, 15) is 5.11 Å². The highest BCUT2D eigenvalue weighted by Gasteiger charge is 2.31. The van der Waals surface area contributed by atoms with Crippen LogP contribution in [-0.4, -0.2) is 10.7 Å². The number of hydrogen-bond acceptors (Lipinski definition) is 1. The van der Waals surface area contributed by atoms with E-state index in [1.807, 2.05) is 0 Å². The second-order valence-corrected chi connectivity index (χ2v) is 4.48. The Kier molecular flexibility index (Phi) is 3.81. The van der Waals surface area contributed by atoms with Crippen LogP contribution in [0.2, 0.25) is 0 Å². The molecular weight excluding hydrogens is 160 g/mol. The van der Waals surface area contributed by atoms with Crippen LogP contribution in [0.3, 0.4) is 0 Å². The monoisotopic (exact) mass is 180 g/mol. The standard InChI is InChI=1S/C12H20O/c1-3-4-5-8-12(13)9-6-7-11(2)10-12/h1,11,13H,4-10H2,2H3. The summed E-state index contributed by atoms with van der Waals surface area (Å²) in [6.07, 6.45) is 12.2. The molecule has 0 aromatic heterocycles. The minimum atomic E-state index is -0.394. The van der Waals surface area contributed by atoms with Gasteiger partial charge in [0.15, 0.2) is 0 Å². The Morgan fingerprint density at radius 2 is 2.38 bits per heavy atom. The molecule has 13 heavy (non-hydrogen) atoms. The van der Waals surface area contributed by atoms with E-state index in [0.29, 0.717) is 5.92 Å². The third-order valence-electron chi connectivity index (χ3n) is 3.03. The topological polar surface area (TPSA) is 20.2 Å². The molecule has 1 nitrogen and oxygen atoms in total. The average Bonchev–Trinajstić information content (AvgIpc) is 2.04. The average molecular weight is 180 g/mol. The van der Waals surface area contributed by atoms with Gasteiger partial charge in [-0.15, -0.1) is 12.3 Å². The number of aliphatic hydroxyl groups is 1. The van der Waals surface area contributed by atoms with Gasteiger partial charge in [0.1, 0.15) is 0 Å². The van der Waals surface area contributed by atoms with Crippen molar-refractivity contribution in [2.45, 2.75) is 57.5 Å². The van der Waals surface area contributed by atoms with Crippen LogP contribution in [0.5, 0.6) is 0 Å². The van der Waals surface area contributed by atoms with E-state index in [0.717, 1.165) is 32.1 Å². The molecule has 74 valence electrons. The molecule has 1 aliphatic carbocycles. The molecule has 0 spiro atoms. The molecule has 1 rings (SSSR count). The Morgan fingerprint density at radius 1 is 1.62 bits per heavy atom. The van der Waals surface area contributed by atoms with Crippen molar-refractivity contribution < 1.29 is 5.11 Å². The van der Waals surface area contributed by atoms with E-state index >= 15 is 0 Å². The Labute approximate surface area is 81.5 Å². The van der Waals surface area contributed by atoms with Gasteiger partial charge in [-0.1, -0.05) is 19.8 Å². The van der Waals surface area contributed by atoms with Gasteiger partial charge in [-0.3, -0.25) is 0 Å². The Hall–Kier alpha value is -0.480. The SMILES string of the molecule is C#CCCCC1(O)CCCC(C)C1. The van der Waals surface area contributed by atoms with Crippen LogP contribution >= 0.6 is 0 Å². The molecular formula is C12H20O. The molecule has 0 amide bonds. The summed E-state index contributed by atoms with van der Waals surface area (Å²) in [6.45, 7) is 2.23. The Bertz CT molecular complexity index is 192. The second-order valence-electron chi connectivity index (χ2n) is 4.48. The fourth-order valence-corrected chi connectivity index (χ4v) is 2.38. The lowest BCUT2D eigenvalue weighted by Crippen LogP contribution is -2.34. The minimum Gasteiger partial charge on any atom is -0.390 e. The normalized spacial score (nSPS) is 34.1. The summed E-state index contributed by atoms with van der Waals surface area (Å²) in [5.74, 6) is 3.31. The quantitative estimate of drug-likeness (QED) is 0.523. The lowest BCUT2D eigenvalue weighted by molar-refractivity contribution is -0.0212. The first kappa shape index (κ1) is 10.6. The predicted molar refractivity (Wildman–Crippen MR) is 55.3 cm³/mol. The van der Waals surface area contributed by atoms with Crippen molar-refractivity contribution in [3.05, 3.63) is 0 Å². The molecule has 0 bridgehead atoms. The lowest BCUT2D eigenvalue weighted by Gasteiger charge is -2.35.